The van der Waals surface area contributed by atoms with Crippen LogP contribution in [0.25, 0.3) is 10.8 Å². The number of fused-ring (bicyclic) bond motifs is 1. The molecule has 0 spiro atoms. The van der Waals surface area contributed by atoms with Crippen molar-refractivity contribution in [2.24, 2.45) is 0 Å². The predicted octanol–water partition coefficient (Wildman–Crippen LogP) is 5.77. The minimum Gasteiger partial charge on any atom is -0.490 e. The van der Waals surface area contributed by atoms with Gasteiger partial charge < -0.3 is 9.84 Å². The molecule has 1 aromatic heterocycles. The first-order chi connectivity index (χ1) is 13.8. The lowest BCUT2D eigenvalue weighted by molar-refractivity contribution is 0.153. The van der Waals surface area contributed by atoms with Gasteiger partial charge in [-0.15, -0.1) is 0 Å². The zero-order valence-corrected chi connectivity index (χ0v) is 16.6. The van der Waals surface area contributed by atoms with E-state index in [1.165, 1.54) is 35.6 Å². The Labute approximate surface area is 167 Å². The molecule has 1 unspecified atom stereocenters. The largest absolute Gasteiger partial charge is 0.490 e. The molecule has 1 N–H and O–H groups in total. The summed E-state index contributed by atoms with van der Waals surface area (Å²) in [7, 11) is 0. The van der Waals surface area contributed by atoms with Crippen LogP contribution in [0.15, 0.2) is 54.7 Å². The molecule has 1 fully saturated rings. The van der Waals surface area contributed by atoms with Crippen LogP contribution < -0.4 is 4.74 Å². The van der Waals surface area contributed by atoms with Gasteiger partial charge >= 0.3 is 0 Å². The SMILES string of the molecule is Cc1cnc(C(CCO)c2cccc3ccccc23)cc1OC1CCCCC1. The molecule has 1 atom stereocenters. The normalized spacial score (nSPS) is 16.2. The molecule has 3 aromatic rings. The van der Waals surface area contributed by atoms with Crippen LogP contribution in [0.1, 0.15) is 61.3 Å². The van der Waals surface area contributed by atoms with Gasteiger partial charge in [0.25, 0.3) is 0 Å². The second-order valence-corrected chi connectivity index (χ2v) is 7.89. The van der Waals surface area contributed by atoms with Gasteiger partial charge in [-0.3, -0.25) is 4.98 Å². The van der Waals surface area contributed by atoms with Crippen LogP contribution >= 0.6 is 0 Å². The van der Waals surface area contributed by atoms with Gasteiger partial charge in [-0.1, -0.05) is 48.9 Å². The zero-order valence-electron chi connectivity index (χ0n) is 16.6. The van der Waals surface area contributed by atoms with Crippen molar-refractivity contribution >= 4 is 10.8 Å². The van der Waals surface area contributed by atoms with E-state index in [2.05, 4.69) is 55.5 Å². The quantitative estimate of drug-likeness (QED) is 0.595. The predicted molar refractivity (Wildman–Crippen MR) is 114 cm³/mol. The molecule has 0 radical (unpaired) electrons. The fraction of sp³-hybridized carbons (Fsp3) is 0.400. The Bertz CT molecular complexity index is 925. The Morgan fingerprint density at radius 1 is 1.07 bits per heavy atom. The Hall–Kier alpha value is -2.39. The van der Waals surface area contributed by atoms with Gasteiger partial charge in [0.1, 0.15) is 5.75 Å². The summed E-state index contributed by atoms with van der Waals surface area (Å²) < 4.78 is 6.38. The maximum atomic E-state index is 9.76. The van der Waals surface area contributed by atoms with E-state index in [1.54, 1.807) is 0 Å². The smallest absolute Gasteiger partial charge is 0.125 e. The van der Waals surface area contributed by atoms with Gasteiger partial charge in [0.15, 0.2) is 0 Å². The van der Waals surface area contributed by atoms with E-state index in [-0.39, 0.29) is 12.5 Å². The van der Waals surface area contributed by atoms with E-state index in [0.717, 1.165) is 29.8 Å². The second kappa shape index (κ2) is 8.74. The fourth-order valence-electron chi connectivity index (χ4n) is 4.35. The number of aromatic nitrogens is 1. The molecule has 0 aliphatic heterocycles. The maximum Gasteiger partial charge on any atom is 0.125 e. The maximum absolute atomic E-state index is 9.76. The Kier molecular flexibility index (Phi) is 5.92. The van der Waals surface area contributed by atoms with Gasteiger partial charge in [-0.2, -0.15) is 0 Å². The van der Waals surface area contributed by atoms with Crippen molar-refractivity contribution in [3.05, 3.63) is 71.5 Å². The summed E-state index contributed by atoms with van der Waals surface area (Å²) in [5, 5.41) is 12.2. The van der Waals surface area contributed by atoms with Crippen LogP contribution in [0.5, 0.6) is 5.75 Å². The lowest BCUT2D eigenvalue weighted by Gasteiger charge is -2.25. The average Bonchev–Trinajstić information content (AvgIpc) is 2.74. The van der Waals surface area contributed by atoms with E-state index in [1.807, 2.05) is 6.20 Å². The molecule has 3 heteroatoms. The van der Waals surface area contributed by atoms with E-state index in [9.17, 15) is 5.11 Å². The topological polar surface area (TPSA) is 42.4 Å². The number of pyridine rings is 1. The van der Waals surface area contributed by atoms with Gasteiger partial charge in [-0.05, 0) is 55.4 Å². The lowest BCUT2D eigenvalue weighted by Crippen LogP contribution is -2.20. The number of aliphatic hydroxyl groups is 1. The molecule has 2 aromatic carbocycles. The Balaban J connectivity index is 1.70. The van der Waals surface area contributed by atoms with Crippen LogP contribution in [-0.2, 0) is 0 Å². The third-order valence-corrected chi connectivity index (χ3v) is 5.89. The molecule has 1 aliphatic carbocycles. The molecule has 28 heavy (non-hydrogen) atoms. The van der Waals surface area contributed by atoms with E-state index in [0.29, 0.717) is 12.5 Å². The summed E-state index contributed by atoms with van der Waals surface area (Å²) in [5.74, 6) is 0.991. The first-order valence-electron chi connectivity index (χ1n) is 10.5. The molecule has 146 valence electrons. The highest BCUT2D eigenvalue weighted by atomic mass is 16.5. The number of benzene rings is 2. The van der Waals surface area contributed by atoms with Crippen LogP contribution in [0.4, 0.5) is 0 Å². The molecular weight excluding hydrogens is 346 g/mol. The molecule has 3 nitrogen and oxygen atoms in total. The second-order valence-electron chi connectivity index (χ2n) is 7.89. The Morgan fingerprint density at radius 3 is 2.68 bits per heavy atom. The molecule has 1 heterocycles. The van der Waals surface area contributed by atoms with E-state index in [4.69, 9.17) is 9.72 Å². The lowest BCUT2D eigenvalue weighted by atomic mass is 9.88. The molecule has 0 bridgehead atoms. The van der Waals surface area contributed by atoms with Crippen molar-refractivity contribution in [3.63, 3.8) is 0 Å². The molecule has 1 saturated carbocycles. The standard InChI is InChI=1S/C25H29NO2/c1-18-17-26-24(16-25(18)28-20-10-3-2-4-11-20)23(14-15-27)22-13-7-9-19-8-5-6-12-21(19)22/h5-9,12-13,16-17,20,23,27H,2-4,10-11,14-15H2,1H3. The van der Waals surface area contributed by atoms with Gasteiger partial charge in [0.2, 0.25) is 0 Å². The molecule has 0 saturated heterocycles. The van der Waals surface area contributed by atoms with Crippen molar-refractivity contribution in [3.8, 4) is 5.75 Å². The summed E-state index contributed by atoms with van der Waals surface area (Å²) in [4.78, 5) is 4.74. The summed E-state index contributed by atoms with van der Waals surface area (Å²) in [6, 6.07) is 16.9. The minimum atomic E-state index is 0.0467. The summed E-state index contributed by atoms with van der Waals surface area (Å²) in [6.45, 7) is 2.19. The van der Waals surface area contributed by atoms with Crippen LogP contribution in [-0.4, -0.2) is 22.8 Å². The van der Waals surface area contributed by atoms with Crippen molar-refractivity contribution < 1.29 is 9.84 Å². The summed E-state index contributed by atoms with van der Waals surface area (Å²) >= 11 is 0. The van der Waals surface area contributed by atoms with Crippen molar-refractivity contribution in [1.29, 1.82) is 0 Å². The van der Waals surface area contributed by atoms with Crippen LogP contribution in [0.3, 0.4) is 0 Å². The van der Waals surface area contributed by atoms with Gasteiger partial charge in [0, 0.05) is 30.4 Å². The minimum absolute atomic E-state index is 0.0467. The van der Waals surface area contributed by atoms with Gasteiger partial charge in [-0.25, -0.2) is 0 Å². The third kappa shape index (κ3) is 4.05. The number of aryl methyl sites for hydroxylation is 1. The number of hydrogen-bond donors (Lipinski definition) is 1. The molecule has 1 aliphatic rings. The van der Waals surface area contributed by atoms with Crippen LogP contribution in [0, 0.1) is 6.92 Å². The van der Waals surface area contributed by atoms with E-state index >= 15 is 0 Å². The molecule has 4 rings (SSSR count). The van der Waals surface area contributed by atoms with Crippen molar-refractivity contribution in [2.45, 2.75) is 57.5 Å². The first-order valence-corrected chi connectivity index (χ1v) is 10.5. The number of hydrogen-bond acceptors (Lipinski definition) is 3. The molecule has 0 amide bonds. The number of rotatable bonds is 6. The van der Waals surface area contributed by atoms with Crippen molar-refractivity contribution in [1.82, 2.24) is 4.98 Å². The first kappa shape index (κ1) is 18.9. The highest BCUT2D eigenvalue weighted by Gasteiger charge is 2.21. The third-order valence-electron chi connectivity index (χ3n) is 5.89. The zero-order chi connectivity index (χ0) is 19.3. The average molecular weight is 376 g/mol. The highest BCUT2D eigenvalue weighted by Crippen LogP contribution is 2.35. The fourth-order valence-corrected chi connectivity index (χ4v) is 4.35. The Morgan fingerprint density at radius 2 is 1.86 bits per heavy atom. The van der Waals surface area contributed by atoms with Crippen molar-refractivity contribution in [2.75, 3.05) is 6.61 Å². The van der Waals surface area contributed by atoms with E-state index < -0.39 is 0 Å². The molecular formula is C25H29NO2. The number of nitrogens with zero attached hydrogens (tertiary/aromatic N) is 1. The van der Waals surface area contributed by atoms with Gasteiger partial charge in [0.05, 0.1) is 11.8 Å². The summed E-state index contributed by atoms with van der Waals surface area (Å²) in [5.41, 5.74) is 3.27. The number of aliphatic hydroxyl groups excluding tert-OH is 1. The monoisotopic (exact) mass is 375 g/mol. The number of ether oxygens (including phenoxy) is 1. The summed E-state index contributed by atoms with van der Waals surface area (Å²) in [6.07, 6.45) is 8.99. The highest BCUT2D eigenvalue weighted by molar-refractivity contribution is 5.86. The van der Waals surface area contributed by atoms with Crippen LogP contribution in [0.2, 0.25) is 0 Å².